The zero-order chi connectivity index (χ0) is 13.1. The summed E-state index contributed by atoms with van der Waals surface area (Å²) in [6, 6.07) is 6.57. The Balaban J connectivity index is 2.01. The molecule has 0 aromatic heterocycles. The average Bonchev–Trinajstić information content (AvgIpc) is 2.64. The van der Waals surface area contributed by atoms with E-state index in [4.69, 9.17) is 4.84 Å². The molecule has 1 atom stereocenters. The van der Waals surface area contributed by atoms with Crippen molar-refractivity contribution in [2.45, 2.75) is 12.5 Å². The van der Waals surface area contributed by atoms with Crippen LogP contribution in [0.25, 0.3) is 0 Å². The second-order valence-electron chi connectivity index (χ2n) is 3.88. The number of nitrogens with zero attached hydrogens (tertiary/aromatic N) is 1. The van der Waals surface area contributed by atoms with Gasteiger partial charge in [0.15, 0.2) is 0 Å². The molecule has 0 saturated heterocycles. The summed E-state index contributed by atoms with van der Waals surface area (Å²) in [7, 11) is 0. The fourth-order valence-electron chi connectivity index (χ4n) is 1.64. The van der Waals surface area contributed by atoms with Gasteiger partial charge in [-0.05, 0) is 12.1 Å². The van der Waals surface area contributed by atoms with E-state index in [-0.39, 0.29) is 6.61 Å². The molecule has 0 radical (unpaired) electrons. The molecule has 1 aliphatic heterocycles. The van der Waals surface area contributed by atoms with Gasteiger partial charge in [-0.1, -0.05) is 28.1 Å². The number of rotatable bonds is 5. The monoisotopic (exact) mass is 313 g/mol. The molecule has 0 bridgehead atoms. The van der Waals surface area contributed by atoms with Crippen molar-refractivity contribution in [1.82, 2.24) is 5.06 Å². The van der Waals surface area contributed by atoms with Crippen molar-refractivity contribution in [2.24, 2.45) is 0 Å². The Kier molecular flexibility index (Phi) is 4.11. The van der Waals surface area contributed by atoms with Crippen LogP contribution < -0.4 is 0 Å². The van der Waals surface area contributed by atoms with Crippen molar-refractivity contribution in [3.05, 3.63) is 35.4 Å². The number of imide groups is 1. The Morgan fingerprint density at radius 3 is 2.28 bits per heavy atom. The number of aliphatic hydroxyl groups excluding tert-OH is 1. The number of aliphatic hydroxyl groups is 1. The smallest absolute Gasteiger partial charge is 0.285 e. The fraction of sp³-hybridized carbons (Fsp3) is 0.333. The molecule has 5 nitrogen and oxygen atoms in total. The van der Waals surface area contributed by atoms with Crippen LogP contribution in [0.3, 0.4) is 0 Å². The Morgan fingerprint density at radius 2 is 1.78 bits per heavy atom. The van der Waals surface area contributed by atoms with E-state index >= 15 is 0 Å². The molecule has 1 N–H and O–H groups in total. The van der Waals surface area contributed by atoms with E-state index in [1.165, 1.54) is 0 Å². The first-order valence-corrected chi connectivity index (χ1v) is 6.62. The maximum absolute atomic E-state index is 11.9. The molecule has 1 aromatic carbocycles. The van der Waals surface area contributed by atoms with E-state index in [1.807, 2.05) is 0 Å². The van der Waals surface area contributed by atoms with Gasteiger partial charge in [0.05, 0.1) is 23.8 Å². The van der Waals surface area contributed by atoms with Crippen LogP contribution >= 0.6 is 15.9 Å². The van der Waals surface area contributed by atoms with Crippen molar-refractivity contribution >= 4 is 27.7 Å². The second kappa shape index (κ2) is 5.60. The minimum Gasteiger partial charge on any atom is -0.392 e. The van der Waals surface area contributed by atoms with E-state index in [9.17, 15) is 14.7 Å². The molecule has 1 heterocycles. The molecule has 1 aromatic rings. The molecular weight excluding hydrogens is 302 g/mol. The van der Waals surface area contributed by atoms with Gasteiger partial charge in [0.2, 0.25) is 0 Å². The van der Waals surface area contributed by atoms with Gasteiger partial charge in [-0.3, -0.25) is 14.4 Å². The molecular formula is C12H12BrNO4. The van der Waals surface area contributed by atoms with E-state index in [0.717, 1.165) is 5.06 Å². The highest BCUT2D eigenvalue weighted by molar-refractivity contribution is 9.09. The maximum atomic E-state index is 11.9. The van der Waals surface area contributed by atoms with Gasteiger partial charge in [0, 0.05) is 11.8 Å². The van der Waals surface area contributed by atoms with Crippen molar-refractivity contribution in [1.29, 1.82) is 0 Å². The third kappa shape index (κ3) is 2.45. The van der Waals surface area contributed by atoms with E-state index in [1.54, 1.807) is 24.3 Å². The summed E-state index contributed by atoms with van der Waals surface area (Å²) < 4.78 is 0. The Bertz CT molecular complexity index is 442. The molecule has 96 valence electrons. The topological polar surface area (TPSA) is 66.8 Å². The van der Waals surface area contributed by atoms with Gasteiger partial charge in [-0.15, -0.1) is 5.06 Å². The molecule has 2 amide bonds. The summed E-state index contributed by atoms with van der Waals surface area (Å²) in [4.78, 5) is 28.9. The standard InChI is InChI=1S/C12H12BrNO4/c13-7-8(15)5-6-18-14-11(16)9-3-1-2-4-10(9)12(14)17/h1-4,8,15H,5-7H2. The number of hydrogen-bond acceptors (Lipinski definition) is 4. The predicted octanol–water partition coefficient (Wildman–Crippen LogP) is 1.36. The van der Waals surface area contributed by atoms with Crippen LogP contribution in [0.15, 0.2) is 24.3 Å². The third-order valence-electron chi connectivity index (χ3n) is 2.61. The number of amides is 2. The molecule has 18 heavy (non-hydrogen) atoms. The molecule has 1 unspecified atom stereocenters. The first-order chi connectivity index (χ1) is 8.65. The summed E-state index contributed by atoms with van der Waals surface area (Å²) >= 11 is 3.12. The first kappa shape index (κ1) is 13.2. The number of hydroxylamine groups is 2. The quantitative estimate of drug-likeness (QED) is 0.658. The highest BCUT2D eigenvalue weighted by atomic mass is 79.9. The molecule has 0 spiro atoms. The van der Waals surface area contributed by atoms with Crippen LogP contribution in [-0.4, -0.2) is 40.0 Å². The lowest BCUT2D eigenvalue weighted by atomic mass is 10.1. The summed E-state index contributed by atoms with van der Waals surface area (Å²) in [6.07, 6.45) is -0.209. The minimum atomic E-state index is -0.555. The normalized spacial score (nSPS) is 16.0. The highest BCUT2D eigenvalue weighted by Crippen LogP contribution is 2.22. The van der Waals surface area contributed by atoms with Gasteiger partial charge >= 0.3 is 0 Å². The average molecular weight is 314 g/mol. The lowest BCUT2D eigenvalue weighted by Gasteiger charge is -2.14. The second-order valence-corrected chi connectivity index (χ2v) is 4.53. The lowest BCUT2D eigenvalue weighted by Crippen LogP contribution is -2.31. The fourth-order valence-corrected chi connectivity index (χ4v) is 1.97. The van der Waals surface area contributed by atoms with Crippen LogP contribution in [0.2, 0.25) is 0 Å². The van der Waals surface area contributed by atoms with Gasteiger partial charge < -0.3 is 5.11 Å². The molecule has 2 rings (SSSR count). The number of carbonyl (C=O) groups excluding carboxylic acids is 2. The van der Waals surface area contributed by atoms with E-state index in [0.29, 0.717) is 22.9 Å². The lowest BCUT2D eigenvalue weighted by molar-refractivity contribution is -0.0971. The highest BCUT2D eigenvalue weighted by Gasteiger charge is 2.36. The zero-order valence-electron chi connectivity index (χ0n) is 9.51. The van der Waals surface area contributed by atoms with Crippen LogP contribution in [0.1, 0.15) is 27.1 Å². The van der Waals surface area contributed by atoms with Gasteiger partial charge in [0.1, 0.15) is 0 Å². The molecule has 0 saturated carbocycles. The summed E-state index contributed by atoms with van der Waals surface area (Å²) in [5.74, 6) is -0.909. The Labute approximate surface area is 112 Å². The van der Waals surface area contributed by atoms with Gasteiger partial charge in [0.25, 0.3) is 11.8 Å². The molecule has 0 aliphatic carbocycles. The van der Waals surface area contributed by atoms with Crippen LogP contribution in [0, 0.1) is 0 Å². The molecule has 0 fully saturated rings. The summed E-state index contributed by atoms with van der Waals surface area (Å²) in [5.41, 5.74) is 0.701. The molecule has 1 aliphatic rings. The van der Waals surface area contributed by atoms with Crippen LogP contribution in [-0.2, 0) is 4.84 Å². The van der Waals surface area contributed by atoms with Crippen molar-refractivity contribution in [2.75, 3.05) is 11.9 Å². The number of halogens is 1. The predicted molar refractivity (Wildman–Crippen MR) is 67.3 cm³/mol. The number of benzene rings is 1. The Hall–Kier alpha value is -1.24. The van der Waals surface area contributed by atoms with Crippen LogP contribution in [0.5, 0.6) is 0 Å². The van der Waals surface area contributed by atoms with Gasteiger partial charge in [-0.25, -0.2) is 0 Å². The van der Waals surface area contributed by atoms with Crippen LogP contribution in [0.4, 0.5) is 0 Å². The first-order valence-electron chi connectivity index (χ1n) is 5.50. The summed E-state index contributed by atoms with van der Waals surface area (Å²) in [6.45, 7) is 0.109. The SMILES string of the molecule is O=C1c2ccccc2C(=O)N1OCCC(O)CBr. The summed E-state index contributed by atoms with van der Waals surface area (Å²) in [5, 5.41) is 10.5. The van der Waals surface area contributed by atoms with E-state index in [2.05, 4.69) is 15.9 Å². The zero-order valence-corrected chi connectivity index (χ0v) is 11.1. The van der Waals surface area contributed by atoms with Crippen molar-refractivity contribution in [3.63, 3.8) is 0 Å². The van der Waals surface area contributed by atoms with E-state index < -0.39 is 17.9 Å². The number of alkyl halides is 1. The van der Waals surface area contributed by atoms with Gasteiger partial charge in [-0.2, -0.15) is 0 Å². The number of fused-ring (bicyclic) bond motifs is 1. The van der Waals surface area contributed by atoms with Crippen molar-refractivity contribution in [3.8, 4) is 0 Å². The van der Waals surface area contributed by atoms with Crippen molar-refractivity contribution < 1.29 is 19.5 Å². The minimum absolute atomic E-state index is 0.109. The Morgan fingerprint density at radius 1 is 1.22 bits per heavy atom. The number of carbonyl (C=O) groups is 2. The molecule has 6 heteroatoms. The maximum Gasteiger partial charge on any atom is 0.285 e. The largest absolute Gasteiger partial charge is 0.392 e. The number of hydrogen-bond donors (Lipinski definition) is 1. The third-order valence-corrected chi connectivity index (χ3v) is 3.35.